The Morgan fingerprint density at radius 3 is 2.85 bits per heavy atom. The molecule has 0 fully saturated rings. The van der Waals surface area contributed by atoms with Gasteiger partial charge in [0.25, 0.3) is 5.91 Å². The number of hydrogen-bond acceptors (Lipinski definition) is 7. The van der Waals surface area contributed by atoms with Crippen molar-refractivity contribution < 1.29 is 18.7 Å². The fourth-order valence-electron chi connectivity index (χ4n) is 7.36. The number of allylic oxidation sites excluding steroid dienone is 1. The Balaban J connectivity index is 1.37. The Morgan fingerprint density at radius 2 is 2.04 bits per heavy atom. The number of anilines is 1. The number of carbonyl (C=O) groups excluding carboxylic acids is 1. The molecule has 7 nitrogen and oxygen atoms in total. The lowest BCUT2D eigenvalue weighted by atomic mass is 9.70. The van der Waals surface area contributed by atoms with Crippen LogP contribution in [0.3, 0.4) is 0 Å². The number of benzene rings is 2. The van der Waals surface area contributed by atoms with E-state index < -0.39 is 5.41 Å². The molecule has 4 unspecified atom stereocenters. The van der Waals surface area contributed by atoms with Crippen LogP contribution in [0.1, 0.15) is 86.6 Å². The number of ether oxygens (including phenoxy) is 2. The van der Waals surface area contributed by atoms with Crippen molar-refractivity contribution >= 4 is 35.1 Å². The van der Waals surface area contributed by atoms with Gasteiger partial charge in [-0.3, -0.25) is 9.52 Å². The Morgan fingerprint density at radius 1 is 1.21 bits per heavy atom. The van der Waals surface area contributed by atoms with Crippen molar-refractivity contribution in [3.05, 3.63) is 93.8 Å². The zero-order valence-electron chi connectivity index (χ0n) is 27.4. The second-order valence-corrected chi connectivity index (χ2v) is 14.8. The molecule has 1 aliphatic carbocycles. The van der Waals surface area contributed by atoms with Gasteiger partial charge in [-0.2, -0.15) is 0 Å². The van der Waals surface area contributed by atoms with Crippen molar-refractivity contribution in [1.82, 2.24) is 14.7 Å². The quantitative estimate of drug-likeness (QED) is 0.220. The van der Waals surface area contributed by atoms with Gasteiger partial charge in [0.15, 0.2) is 5.82 Å². The Bertz CT molecular complexity index is 1610. The van der Waals surface area contributed by atoms with E-state index in [0.29, 0.717) is 49.7 Å². The highest BCUT2D eigenvalue weighted by atomic mass is 35.5. The van der Waals surface area contributed by atoms with Crippen molar-refractivity contribution in [3.63, 3.8) is 0 Å². The van der Waals surface area contributed by atoms with Gasteiger partial charge in [-0.15, -0.1) is 0 Å². The maximum atomic E-state index is 15.4. The van der Waals surface area contributed by atoms with Crippen LogP contribution < -0.4 is 14.4 Å². The van der Waals surface area contributed by atoms with E-state index in [2.05, 4.69) is 46.4 Å². The molecule has 2 aromatic carbocycles. The van der Waals surface area contributed by atoms with E-state index in [1.54, 1.807) is 18.5 Å². The van der Waals surface area contributed by atoms with Crippen molar-refractivity contribution in [3.8, 4) is 5.75 Å². The number of hydrogen-bond donors (Lipinski definition) is 1. The lowest BCUT2D eigenvalue weighted by Crippen LogP contribution is -2.46. The summed E-state index contributed by atoms with van der Waals surface area (Å²) in [6.07, 6.45) is 11.6. The summed E-state index contributed by atoms with van der Waals surface area (Å²) >= 11 is 7.71. The minimum Gasteiger partial charge on any atom is -0.490 e. The van der Waals surface area contributed by atoms with E-state index in [4.69, 9.17) is 21.1 Å². The fraction of sp³-hybridized carbons (Fsp3) is 0.486. The first-order valence-electron chi connectivity index (χ1n) is 16.8. The average Bonchev–Trinajstić information content (AvgIpc) is 3.23. The molecular formula is C37H44ClFN4O3S. The van der Waals surface area contributed by atoms with Crippen LogP contribution in [0.25, 0.3) is 0 Å². The van der Waals surface area contributed by atoms with E-state index in [1.165, 1.54) is 17.5 Å². The summed E-state index contributed by atoms with van der Waals surface area (Å²) in [5, 5.41) is 0.392. The number of rotatable bonds is 4. The summed E-state index contributed by atoms with van der Waals surface area (Å²) in [6, 6.07) is 11.2. The molecule has 3 aromatic rings. The number of amides is 1. The van der Waals surface area contributed by atoms with Gasteiger partial charge in [-0.25, -0.2) is 14.4 Å². The molecule has 0 radical (unpaired) electrons. The molecule has 6 rings (SSSR count). The maximum absolute atomic E-state index is 15.4. The maximum Gasteiger partial charge on any atom is 0.261 e. The number of aromatic nitrogens is 2. The molecule has 2 bridgehead atoms. The molecule has 1 N–H and O–H groups in total. The number of carbonyl (C=O) groups is 1. The molecule has 1 aromatic heterocycles. The standard InChI is InChI=1S/C37H44ClFN4O3S/c1-4-26-15-19-43-22-37(16-6-10-28-29(37)12-13-30(38)34(28)39)23-46-32-14-11-27(20-31(32)43)36(44)42-47-25(3)9-5-8-24(2)35(26)45-21-33-40-17-7-18-41-33/h7-8,11-14,17-18,20,25-26,35H,4-6,9-10,15-16,19,21-23H2,1-3H3,(H,42,44)/b24-8+. The van der Waals surface area contributed by atoms with E-state index in [0.717, 1.165) is 55.5 Å². The first-order valence-corrected chi connectivity index (χ1v) is 18.0. The van der Waals surface area contributed by atoms with Crippen molar-refractivity contribution in [2.75, 3.05) is 24.6 Å². The molecule has 1 amide bonds. The summed E-state index contributed by atoms with van der Waals surface area (Å²) in [4.78, 5) is 24.5. The molecule has 0 saturated carbocycles. The summed E-state index contributed by atoms with van der Waals surface area (Å²) in [5.74, 6) is 1.18. The normalized spacial score (nSPS) is 26.4. The molecule has 47 heavy (non-hydrogen) atoms. The fourth-order valence-corrected chi connectivity index (χ4v) is 8.22. The van der Waals surface area contributed by atoms with Crippen molar-refractivity contribution in [1.29, 1.82) is 0 Å². The zero-order chi connectivity index (χ0) is 33.0. The first-order chi connectivity index (χ1) is 22.8. The number of nitrogens with one attached hydrogen (secondary N) is 1. The lowest BCUT2D eigenvalue weighted by Gasteiger charge is -2.41. The largest absolute Gasteiger partial charge is 0.490 e. The number of halogens is 2. The van der Waals surface area contributed by atoms with Gasteiger partial charge in [-0.1, -0.05) is 44.0 Å². The van der Waals surface area contributed by atoms with Gasteiger partial charge in [0.1, 0.15) is 18.2 Å². The Hall–Kier alpha value is -3.14. The van der Waals surface area contributed by atoms with Gasteiger partial charge >= 0.3 is 0 Å². The van der Waals surface area contributed by atoms with Gasteiger partial charge in [0.2, 0.25) is 0 Å². The van der Waals surface area contributed by atoms with Gasteiger partial charge < -0.3 is 14.4 Å². The molecule has 4 atom stereocenters. The monoisotopic (exact) mass is 678 g/mol. The lowest BCUT2D eigenvalue weighted by molar-refractivity contribution is 0.0180. The third-order valence-corrected chi connectivity index (χ3v) is 11.2. The van der Waals surface area contributed by atoms with Crippen LogP contribution in [0.2, 0.25) is 5.02 Å². The van der Waals surface area contributed by atoms with Crippen LogP contribution in [0, 0.1) is 11.7 Å². The van der Waals surface area contributed by atoms with E-state index in [1.807, 2.05) is 30.3 Å². The first kappa shape index (κ1) is 33.7. The Kier molecular flexibility index (Phi) is 10.7. The van der Waals surface area contributed by atoms with Crippen molar-refractivity contribution in [2.45, 2.75) is 89.1 Å². The average molecular weight is 679 g/mol. The van der Waals surface area contributed by atoms with Gasteiger partial charge in [0, 0.05) is 41.7 Å². The number of fused-ring (bicyclic) bond motifs is 3. The zero-order valence-corrected chi connectivity index (χ0v) is 29.0. The third-order valence-electron chi connectivity index (χ3n) is 9.98. The molecule has 3 heterocycles. The highest BCUT2D eigenvalue weighted by Crippen LogP contribution is 2.45. The SMILES string of the molecule is CCC1CCN2CC3(CCCc4c3ccc(Cl)c4F)COc3ccc(cc32)C(=O)NSC(C)CC/C=C(\C)C1OCc1ncccn1. The summed E-state index contributed by atoms with van der Waals surface area (Å²) < 4.78 is 31.7. The van der Waals surface area contributed by atoms with E-state index in [9.17, 15) is 4.79 Å². The highest BCUT2D eigenvalue weighted by molar-refractivity contribution is 7.98. The van der Waals surface area contributed by atoms with E-state index >= 15 is 4.39 Å². The Labute approximate surface area is 286 Å². The van der Waals surface area contributed by atoms with Crippen LogP contribution in [-0.4, -0.2) is 46.9 Å². The smallest absolute Gasteiger partial charge is 0.261 e. The molecule has 10 heteroatoms. The predicted molar refractivity (Wildman–Crippen MR) is 187 cm³/mol. The predicted octanol–water partition coefficient (Wildman–Crippen LogP) is 8.25. The minimum atomic E-state index is -0.426. The molecule has 250 valence electrons. The molecule has 0 saturated heterocycles. The molecule has 2 aliphatic heterocycles. The summed E-state index contributed by atoms with van der Waals surface area (Å²) in [6.45, 7) is 8.63. The van der Waals surface area contributed by atoms with Crippen LogP contribution in [-0.2, 0) is 23.2 Å². The second-order valence-electron chi connectivity index (χ2n) is 13.2. The van der Waals surface area contributed by atoms with Crippen LogP contribution >= 0.6 is 23.5 Å². The van der Waals surface area contributed by atoms with Crippen LogP contribution in [0.4, 0.5) is 10.1 Å². The highest BCUT2D eigenvalue weighted by Gasteiger charge is 2.43. The summed E-state index contributed by atoms with van der Waals surface area (Å²) in [7, 11) is 0. The molecular weight excluding hydrogens is 635 g/mol. The second kappa shape index (κ2) is 15.0. The topological polar surface area (TPSA) is 76.6 Å². The van der Waals surface area contributed by atoms with Crippen LogP contribution in [0.15, 0.2) is 60.4 Å². The third kappa shape index (κ3) is 7.47. The minimum absolute atomic E-state index is 0.103. The number of nitrogens with zero attached hydrogens (tertiary/aromatic N) is 3. The van der Waals surface area contributed by atoms with Gasteiger partial charge in [-0.05, 0) is 110 Å². The molecule has 3 aliphatic rings. The summed E-state index contributed by atoms with van der Waals surface area (Å²) in [5.41, 5.74) is 3.93. The van der Waals surface area contributed by atoms with E-state index in [-0.39, 0.29) is 34.0 Å². The van der Waals surface area contributed by atoms with Crippen molar-refractivity contribution in [2.24, 2.45) is 5.92 Å². The van der Waals surface area contributed by atoms with Gasteiger partial charge in [0.05, 0.1) is 23.4 Å². The molecule has 1 spiro atoms. The van der Waals surface area contributed by atoms with Crippen LogP contribution in [0.5, 0.6) is 5.75 Å².